The first-order chi connectivity index (χ1) is 7.78. The fraction of sp³-hybridized carbons (Fsp3) is 0.0769. The van der Waals surface area contributed by atoms with Crippen LogP contribution in [-0.2, 0) is 5.88 Å². The van der Waals surface area contributed by atoms with Gasteiger partial charge in [-0.3, -0.25) is 0 Å². The van der Waals surface area contributed by atoms with Crippen LogP contribution in [-0.4, -0.2) is 0 Å². The van der Waals surface area contributed by atoms with Crippen LogP contribution < -0.4 is 4.74 Å². The highest BCUT2D eigenvalue weighted by molar-refractivity contribution is 6.17. The summed E-state index contributed by atoms with van der Waals surface area (Å²) in [5, 5.41) is 0. The highest BCUT2D eigenvalue weighted by Gasteiger charge is 1.98. The highest BCUT2D eigenvalue weighted by atomic mass is 35.5. The first-order valence-electron chi connectivity index (χ1n) is 4.86. The third kappa shape index (κ3) is 2.74. The molecule has 82 valence electrons. The number of alkyl halides is 1. The van der Waals surface area contributed by atoms with Crippen molar-refractivity contribution in [3.63, 3.8) is 0 Å². The molecule has 0 radical (unpaired) electrons. The Morgan fingerprint density at radius 1 is 1.00 bits per heavy atom. The number of hydrogen-bond acceptors (Lipinski definition) is 1. The quantitative estimate of drug-likeness (QED) is 0.720. The third-order valence-electron chi connectivity index (χ3n) is 2.11. The molecule has 0 aromatic heterocycles. The molecule has 16 heavy (non-hydrogen) atoms. The van der Waals surface area contributed by atoms with Gasteiger partial charge in [0.1, 0.15) is 17.3 Å². The van der Waals surface area contributed by atoms with Gasteiger partial charge in [0.15, 0.2) is 0 Å². The molecule has 0 N–H and O–H groups in total. The Balaban J connectivity index is 2.14. The molecular formula is C13H10ClFO. The molecule has 0 spiro atoms. The van der Waals surface area contributed by atoms with Crippen molar-refractivity contribution < 1.29 is 9.13 Å². The van der Waals surface area contributed by atoms with Gasteiger partial charge in [0.05, 0.1) is 0 Å². The van der Waals surface area contributed by atoms with Gasteiger partial charge in [0.25, 0.3) is 0 Å². The lowest BCUT2D eigenvalue weighted by Gasteiger charge is -2.05. The van der Waals surface area contributed by atoms with Crippen LogP contribution in [0.4, 0.5) is 4.39 Å². The molecule has 0 saturated carbocycles. The van der Waals surface area contributed by atoms with Crippen molar-refractivity contribution in [2.24, 2.45) is 0 Å². The van der Waals surface area contributed by atoms with Crippen molar-refractivity contribution in [1.29, 1.82) is 0 Å². The molecule has 2 aromatic rings. The largest absolute Gasteiger partial charge is 0.457 e. The lowest BCUT2D eigenvalue weighted by Crippen LogP contribution is -1.85. The Labute approximate surface area is 98.4 Å². The molecule has 0 aliphatic heterocycles. The highest BCUT2D eigenvalue weighted by Crippen LogP contribution is 2.22. The van der Waals surface area contributed by atoms with Crippen LogP contribution in [0.5, 0.6) is 11.5 Å². The number of benzene rings is 2. The van der Waals surface area contributed by atoms with E-state index in [9.17, 15) is 4.39 Å². The lowest BCUT2D eigenvalue weighted by atomic mass is 10.2. The predicted molar refractivity (Wildman–Crippen MR) is 62.5 cm³/mol. The summed E-state index contributed by atoms with van der Waals surface area (Å²) in [6.07, 6.45) is 0. The van der Waals surface area contributed by atoms with Gasteiger partial charge in [-0.15, -0.1) is 11.6 Å². The maximum absolute atomic E-state index is 12.9. The molecule has 2 rings (SSSR count). The van der Waals surface area contributed by atoms with Gasteiger partial charge in [-0.05, 0) is 29.8 Å². The third-order valence-corrected chi connectivity index (χ3v) is 2.42. The van der Waals surface area contributed by atoms with Crippen molar-refractivity contribution in [3.8, 4) is 11.5 Å². The minimum atomic E-state index is -0.310. The Morgan fingerprint density at radius 3 is 2.38 bits per heavy atom. The van der Waals surface area contributed by atoms with Gasteiger partial charge in [0, 0.05) is 11.9 Å². The van der Waals surface area contributed by atoms with Crippen molar-refractivity contribution in [2.45, 2.75) is 5.88 Å². The summed E-state index contributed by atoms with van der Waals surface area (Å²) < 4.78 is 18.4. The molecule has 0 unspecified atom stereocenters. The van der Waals surface area contributed by atoms with Crippen LogP contribution in [0.1, 0.15) is 5.56 Å². The summed E-state index contributed by atoms with van der Waals surface area (Å²) in [4.78, 5) is 0. The lowest BCUT2D eigenvalue weighted by molar-refractivity contribution is 0.476. The average molecular weight is 237 g/mol. The van der Waals surface area contributed by atoms with E-state index in [2.05, 4.69) is 0 Å². The first kappa shape index (κ1) is 11.0. The standard InChI is InChI=1S/C13H10ClFO/c14-9-10-4-6-12(7-5-10)16-13-3-1-2-11(15)8-13/h1-8H,9H2. The number of halogens is 2. The summed E-state index contributed by atoms with van der Waals surface area (Å²) in [6, 6.07) is 13.4. The summed E-state index contributed by atoms with van der Waals surface area (Å²) in [7, 11) is 0. The predicted octanol–water partition coefficient (Wildman–Crippen LogP) is 4.36. The molecule has 0 fully saturated rings. The van der Waals surface area contributed by atoms with Crippen molar-refractivity contribution >= 4 is 11.6 Å². The van der Waals surface area contributed by atoms with E-state index in [1.54, 1.807) is 12.1 Å². The zero-order valence-electron chi connectivity index (χ0n) is 8.49. The van der Waals surface area contributed by atoms with Gasteiger partial charge in [-0.2, -0.15) is 0 Å². The summed E-state index contributed by atoms with van der Waals surface area (Å²) in [6.45, 7) is 0. The molecule has 0 saturated heterocycles. The van der Waals surface area contributed by atoms with Crippen LogP contribution in [0.25, 0.3) is 0 Å². The average Bonchev–Trinajstić information content (AvgIpc) is 2.30. The van der Waals surface area contributed by atoms with Crippen molar-refractivity contribution in [2.75, 3.05) is 0 Å². The van der Waals surface area contributed by atoms with E-state index < -0.39 is 0 Å². The van der Waals surface area contributed by atoms with E-state index in [0.717, 1.165) is 5.56 Å². The fourth-order valence-electron chi connectivity index (χ4n) is 1.31. The van der Waals surface area contributed by atoms with Gasteiger partial charge >= 0.3 is 0 Å². The summed E-state index contributed by atoms with van der Waals surface area (Å²) in [5.74, 6) is 1.31. The molecule has 0 atom stereocenters. The minimum Gasteiger partial charge on any atom is -0.457 e. The van der Waals surface area contributed by atoms with Gasteiger partial charge < -0.3 is 4.74 Å². The van der Waals surface area contributed by atoms with Crippen LogP contribution in [0.15, 0.2) is 48.5 Å². The molecule has 0 heterocycles. The number of hydrogen-bond donors (Lipinski definition) is 0. The Kier molecular flexibility index (Phi) is 3.42. The monoisotopic (exact) mass is 236 g/mol. The maximum atomic E-state index is 12.9. The normalized spacial score (nSPS) is 10.1. The Hall–Kier alpha value is -1.54. The van der Waals surface area contributed by atoms with E-state index in [1.165, 1.54) is 12.1 Å². The Bertz CT molecular complexity index is 468. The van der Waals surface area contributed by atoms with Gasteiger partial charge in [0.2, 0.25) is 0 Å². The van der Waals surface area contributed by atoms with Crippen molar-refractivity contribution in [1.82, 2.24) is 0 Å². The zero-order chi connectivity index (χ0) is 11.4. The molecule has 2 aromatic carbocycles. The minimum absolute atomic E-state index is 0.310. The zero-order valence-corrected chi connectivity index (χ0v) is 9.25. The van der Waals surface area contributed by atoms with Crippen LogP contribution >= 0.6 is 11.6 Å². The SMILES string of the molecule is Fc1cccc(Oc2ccc(CCl)cc2)c1. The van der Waals surface area contributed by atoms with Crippen LogP contribution in [0.2, 0.25) is 0 Å². The molecule has 0 aliphatic carbocycles. The van der Waals surface area contributed by atoms with E-state index in [1.807, 2.05) is 24.3 Å². The second kappa shape index (κ2) is 4.99. The number of ether oxygens (including phenoxy) is 1. The summed E-state index contributed by atoms with van der Waals surface area (Å²) >= 11 is 5.67. The molecule has 0 aliphatic rings. The second-order valence-corrected chi connectivity index (χ2v) is 3.60. The molecule has 0 bridgehead atoms. The molecule has 1 nitrogen and oxygen atoms in total. The first-order valence-corrected chi connectivity index (χ1v) is 5.40. The van der Waals surface area contributed by atoms with E-state index in [4.69, 9.17) is 16.3 Å². The van der Waals surface area contributed by atoms with Gasteiger partial charge in [-0.25, -0.2) is 4.39 Å². The van der Waals surface area contributed by atoms with Crippen LogP contribution in [0, 0.1) is 5.82 Å². The Morgan fingerprint density at radius 2 is 1.75 bits per heavy atom. The summed E-state index contributed by atoms with van der Waals surface area (Å²) in [5.41, 5.74) is 1.02. The van der Waals surface area contributed by atoms with E-state index in [0.29, 0.717) is 17.4 Å². The molecular weight excluding hydrogens is 227 g/mol. The smallest absolute Gasteiger partial charge is 0.130 e. The van der Waals surface area contributed by atoms with E-state index in [-0.39, 0.29) is 5.82 Å². The number of rotatable bonds is 3. The second-order valence-electron chi connectivity index (χ2n) is 3.34. The van der Waals surface area contributed by atoms with Gasteiger partial charge in [-0.1, -0.05) is 18.2 Å². The molecule has 0 amide bonds. The van der Waals surface area contributed by atoms with E-state index >= 15 is 0 Å². The maximum Gasteiger partial charge on any atom is 0.130 e. The van der Waals surface area contributed by atoms with Crippen LogP contribution in [0.3, 0.4) is 0 Å². The fourth-order valence-corrected chi connectivity index (χ4v) is 1.49. The molecule has 3 heteroatoms. The van der Waals surface area contributed by atoms with Crippen molar-refractivity contribution in [3.05, 3.63) is 59.9 Å². The topological polar surface area (TPSA) is 9.23 Å².